The second kappa shape index (κ2) is 6.20. The fourth-order valence-corrected chi connectivity index (χ4v) is 1.69. The van der Waals surface area contributed by atoms with Gasteiger partial charge in [-0.2, -0.15) is 0 Å². The molecule has 1 atom stereocenters. The Kier molecular flexibility index (Phi) is 6.05. The second-order valence-corrected chi connectivity index (χ2v) is 7.61. The van der Waals surface area contributed by atoms with Gasteiger partial charge in [-0.1, -0.05) is 26.7 Å². The third kappa shape index (κ3) is 6.82. The number of rotatable bonds is 5. The Morgan fingerprint density at radius 3 is 2.54 bits per heavy atom. The van der Waals surface area contributed by atoms with Crippen LogP contribution in [0.2, 0.25) is 11.6 Å². The van der Waals surface area contributed by atoms with E-state index in [0.717, 1.165) is 13.2 Å². The van der Waals surface area contributed by atoms with Gasteiger partial charge in [0.1, 0.15) is 0 Å². The molecule has 1 unspecified atom stereocenters. The maximum Gasteiger partial charge on any atom is 0.179 e. The average molecular weight is 199 g/mol. The molecule has 0 spiro atoms. The lowest BCUT2D eigenvalue weighted by Gasteiger charge is -2.25. The van der Waals surface area contributed by atoms with Crippen LogP contribution < -0.4 is 5.32 Å². The molecule has 0 saturated heterocycles. The van der Waals surface area contributed by atoms with E-state index in [9.17, 15) is 0 Å². The van der Waals surface area contributed by atoms with Crippen molar-refractivity contribution in [2.75, 3.05) is 19.7 Å². The molecular formula is C10H21NOSi. The van der Waals surface area contributed by atoms with Gasteiger partial charge in [0.2, 0.25) is 0 Å². The fraction of sp³-hybridized carbons (Fsp3) is 0.800. The summed E-state index contributed by atoms with van der Waals surface area (Å²) in [7, 11) is -1.03. The van der Waals surface area contributed by atoms with Crippen molar-refractivity contribution in [3.63, 3.8) is 0 Å². The van der Waals surface area contributed by atoms with Crippen molar-refractivity contribution in [3.05, 3.63) is 0 Å². The molecule has 0 aromatic carbocycles. The maximum absolute atomic E-state index is 5.76. The van der Waals surface area contributed by atoms with Gasteiger partial charge in [0.25, 0.3) is 0 Å². The summed E-state index contributed by atoms with van der Waals surface area (Å²) in [6.45, 7) is 11.2. The van der Waals surface area contributed by atoms with Crippen molar-refractivity contribution in [2.24, 2.45) is 0 Å². The lowest BCUT2D eigenvalue weighted by molar-refractivity contribution is 0.305. The molecule has 13 heavy (non-hydrogen) atoms. The lowest BCUT2D eigenvalue weighted by atomic mass is 10.3. The fourth-order valence-electron chi connectivity index (χ4n) is 0.718. The van der Waals surface area contributed by atoms with Crippen molar-refractivity contribution >= 4 is 9.04 Å². The zero-order chi connectivity index (χ0) is 10.3. The summed E-state index contributed by atoms with van der Waals surface area (Å²) < 4.78 is 5.76. The molecule has 0 amide bonds. The van der Waals surface area contributed by atoms with Crippen LogP contribution in [0.25, 0.3) is 0 Å². The zero-order valence-corrected chi connectivity index (χ0v) is 10.3. The number of nitrogens with one attached hydrogen (secondary N) is 1. The van der Waals surface area contributed by atoms with E-state index in [-0.39, 0.29) is 0 Å². The van der Waals surface area contributed by atoms with Gasteiger partial charge in [-0.15, -0.1) is 6.42 Å². The highest BCUT2D eigenvalue weighted by Crippen LogP contribution is 2.26. The highest BCUT2D eigenvalue weighted by molar-refractivity contribution is 6.53. The summed E-state index contributed by atoms with van der Waals surface area (Å²) in [6, 6.07) is 0. The lowest BCUT2D eigenvalue weighted by Crippen LogP contribution is -2.29. The first-order chi connectivity index (χ1) is 5.98. The Morgan fingerprint density at radius 1 is 1.46 bits per heavy atom. The van der Waals surface area contributed by atoms with Crippen LogP contribution in [0.4, 0.5) is 0 Å². The second-order valence-electron chi connectivity index (χ2n) is 4.26. The molecule has 0 heterocycles. The molecule has 2 nitrogen and oxygen atoms in total. The molecule has 0 aliphatic rings. The van der Waals surface area contributed by atoms with Gasteiger partial charge in [0.05, 0.1) is 6.54 Å². The first-order valence-electron chi connectivity index (χ1n) is 4.74. The number of hydrogen-bond donors (Lipinski definition) is 1. The highest BCUT2D eigenvalue weighted by Gasteiger charge is 2.22. The first-order valence-corrected chi connectivity index (χ1v) is 6.94. The predicted octanol–water partition coefficient (Wildman–Crippen LogP) is 1.38. The smallest absolute Gasteiger partial charge is 0.179 e. The minimum Gasteiger partial charge on any atom is -0.418 e. The molecule has 0 bridgehead atoms. The monoisotopic (exact) mass is 199 g/mol. The molecule has 0 saturated carbocycles. The Bertz CT molecular complexity index is 169. The standard InChI is InChI=1S/C10H21NOSi/c1-6-7-11-8-9-12-13(5)10(2,3)4/h1,11,13H,7-9H2,2-5H3. The summed E-state index contributed by atoms with van der Waals surface area (Å²) in [5.74, 6) is 2.53. The normalized spacial score (nSPS) is 13.8. The topological polar surface area (TPSA) is 21.3 Å². The van der Waals surface area contributed by atoms with Crippen LogP contribution in [-0.2, 0) is 4.43 Å². The van der Waals surface area contributed by atoms with Crippen LogP contribution in [0.5, 0.6) is 0 Å². The van der Waals surface area contributed by atoms with Gasteiger partial charge in [-0.3, -0.25) is 0 Å². The van der Waals surface area contributed by atoms with Crippen LogP contribution in [-0.4, -0.2) is 28.7 Å². The van der Waals surface area contributed by atoms with Gasteiger partial charge in [-0.05, 0) is 11.6 Å². The summed E-state index contributed by atoms with van der Waals surface area (Å²) in [5.41, 5.74) is 0. The predicted molar refractivity (Wildman–Crippen MR) is 60.4 cm³/mol. The van der Waals surface area contributed by atoms with Crippen LogP contribution >= 0.6 is 0 Å². The molecule has 0 aliphatic heterocycles. The van der Waals surface area contributed by atoms with E-state index in [1.807, 2.05) is 0 Å². The molecule has 3 heteroatoms. The molecule has 0 radical (unpaired) electrons. The average Bonchev–Trinajstić information content (AvgIpc) is 2.02. The van der Waals surface area contributed by atoms with E-state index >= 15 is 0 Å². The van der Waals surface area contributed by atoms with E-state index in [0.29, 0.717) is 11.6 Å². The first kappa shape index (κ1) is 12.7. The number of terminal acetylenes is 1. The van der Waals surface area contributed by atoms with E-state index < -0.39 is 9.04 Å². The van der Waals surface area contributed by atoms with Crippen LogP contribution in [0.15, 0.2) is 0 Å². The quantitative estimate of drug-likeness (QED) is 0.410. The van der Waals surface area contributed by atoms with E-state index in [1.165, 1.54) is 0 Å². The molecule has 0 aromatic rings. The zero-order valence-electron chi connectivity index (χ0n) is 9.18. The van der Waals surface area contributed by atoms with Crippen molar-refractivity contribution < 1.29 is 4.43 Å². The Morgan fingerprint density at radius 2 is 2.08 bits per heavy atom. The Balaban J connectivity index is 3.39. The van der Waals surface area contributed by atoms with E-state index in [2.05, 4.69) is 38.6 Å². The molecule has 1 N–H and O–H groups in total. The van der Waals surface area contributed by atoms with Crippen molar-refractivity contribution in [3.8, 4) is 12.3 Å². The summed E-state index contributed by atoms with van der Waals surface area (Å²) in [5, 5.41) is 3.46. The molecule has 0 aromatic heterocycles. The third-order valence-electron chi connectivity index (χ3n) is 2.09. The maximum atomic E-state index is 5.76. The van der Waals surface area contributed by atoms with Crippen molar-refractivity contribution in [1.82, 2.24) is 5.32 Å². The minimum atomic E-state index is -1.03. The minimum absolute atomic E-state index is 0.353. The number of hydrogen-bond acceptors (Lipinski definition) is 2. The molecule has 0 fully saturated rings. The summed E-state index contributed by atoms with van der Waals surface area (Å²) in [4.78, 5) is 0. The van der Waals surface area contributed by atoms with Crippen molar-refractivity contribution in [2.45, 2.75) is 32.4 Å². The SMILES string of the molecule is C#CCNCCO[SiH](C)C(C)(C)C. The molecule has 0 rings (SSSR count). The molecular weight excluding hydrogens is 178 g/mol. The molecule has 0 aliphatic carbocycles. The molecule has 76 valence electrons. The summed E-state index contributed by atoms with van der Waals surface area (Å²) >= 11 is 0. The van der Waals surface area contributed by atoms with Gasteiger partial charge in [-0.25, -0.2) is 0 Å². The van der Waals surface area contributed by atoms with Crippen LogP contribution in [0.1, 0.15) is 20.8 Å². The van der Waals surface area contributed by atoms with Gasteiger partial charge in [0.15, 0.2) is 9.04 Å². The van der Waals surface area contributed by atoms with E-state index in [1.54, 1.807) is 0 Å². The Labute approximate surface area is 83.8 Å². The van der Waals surface area contributed by atoms with Gasteiger partial charge in [0, 0.05) is 13.2 Å². The largest absolute Gasteiger partial charge is 0.418 e. The van der Waals surface area contributed by atoms with Crippen LogP contribution in [0, 0.1) is 12.3 Å². The van der Waals surface area contributed by atoms with E-state index in [4.69, 9.17) is 10.8 Å². The van der Waals surface area contributed by atoms with Crippen LogP contribution in [0.3, 0.4) is 0 Å². The summed E-state index contributed by atoms with van der Waals surface area (Å²) in [6.07, 6.45) is 5.10. The van der Waals surface area contributed by atoms with Gasteiger partial charge < -0.3 is 9.74 Å². The van der Waals surface area contributed by atoms with Crippen molar-refractivity contribution in [1.29, 1.82) is 0 Å². The van der Waals surface area contributed by atoms with Gasteiger partial charge >= 0.3 is 0 Å². The highest BCUT2D eigenvalue weighted by atomic mass is 28.3. The third-order valence-corrected chi connectivity index (χ3v) is 5.27. The Hall–Kier alpha value is -0.303.